The molecule has 0 bridgehead atoms. The molecule has 0 spiro atoms. The molecule has 1 aromatic heterocycles. The van der Waals surface area contributed by atoms with Gasteiger partial charge in [0.15, 0.2) is 0 Å². The zero-order valence-electron chi connectivity index (χ0n) is 18.6. The van der Waals surface area contributed by atoms with Crippen LogP contribution in [0, 0.1) is 0 Å². The van der Waals surface area contributed by atoms with Gasteiger partial charge in [0.25, 0.3) is 5.91 Å². The van der Waals surface area contributed by atoms with Gasteiger partial charge < -0.3 is 10.0 Å². The van der Waals surface area contributed by atoms with E-state index in [2.05, 4.69) is 4.98 Å². The van der Waals surface area contributed by atoms with Crippen LogP contribution in [0.1, 0.15) is 27.5 Å². The molecule has 5 rings (SSSR count). The number of piperazine rings is 1. The zero-order chi connectivity index (χ0) is 23.5. The van der Waals surface area contributed by atoms with Crippen molar-refractivity contribution in [3.63, 3.8) is 0 Å². The highest BCUT2D eigenvalue weighted by molar-refractivity contribution is 6.06. The second-order valence-corrected chi connectivity index (χ2v) is 8.48. The first-order valence-corrected chi connectivity index (χ1v) is 11.3. The van der Waals surface area contributed by atoms with Gasteiger partial charge in [-0.1, -0.05) is 84.9 Å². The van der Waals surface area contributed by atoms with Crippen molar-refractivity contribution in [2.45, 2.75) is 12.1 Å². The summed E-state index contributed by atoms with van der Waals surface area (Å²) in [6.45, 7) is 0.977. The molecule has 170 valence electrons. The molecule has 0 saturated carbocycles. The second-order valence-electron chi connectivity index (χ2n) is 8.48. The van der Waals surface area contributed by atoms with E-state index in [-0.39, 0.29) is 18.5 Å². The number of nitrogens with zero attached hydrogens (tertiary/aromatic N) is 3. The van der Waals surface area contributed by atoms with Crippen LogP contribution in [0.2, 0.25) is 0 Å². The lowest BCUT2D eigenvalue weighted by Gasteiger charge is -2.43. The quantitative estimate of drug-likeness (QED) is 0.491. The van der Waals surface area contributed by atoms with E-state index in [0.29, 0.717) is 18.7 Å². The Hall–Kier alpha value is -4.03. The summed E-state index contributed by atoms with van der Waals surface area (Å²) in [5.41, 5.74) is 2.55. The third-order valence-corrected chi connectivity index (χ3v) is 6.45. The van der Waals surface area contributed by atoms with E-state index in [1.807, 2.05) is 89.8 Å². The van der Waals surface area contributed by atoms with Crippen molar-refractivity contribution in [2.24, 2.45) is 0 Å². The molecule has 1 unspecified atom stereocenters. The highest BCUT2D eigenvalue weighted by atomic mass is 16.4. The number of hydrogen-bond acceptors (Lipinski definition) is 4. The van der Waals surface area contributed by atoms with E-state index >= 15 is 0 Å². The Kier molecular flexibility index (Phi) is 6.06. The molecule has 6 heteroatoms. The molecule has 0 radical (unpaired) electrons. The number of pyridine rings is 1. The Labute approximate surface area is 198 Å². The fraction of sp³-hybridized carbons (Fsp3) is 0.179. The lowest BCUT2D eigenvalue weighted by Crippen LogP contribution is -2.58. The molecule has 1 aliphatic rings. The van der Waals surface area contributed by atoms with Gasteiger partial charge in [-0.2, -0.15) is 0 Å². The molecule has 1 atom stereocenters. The van der Waals surface area contributed by atoms with Crippen molar-refractivity contribution in [2.75, 3.05) is 19.6 Å². The molecule has 1 N–H and O–H groups in total. The second kappa shape index (κ2) is 9.45. The van der Waals surface area contributed by atoms with Crippen LogP contribution in [-0.4, -0.2) is 57.4 Å². The van der Waals surface area contributed by atoms with Gasteiger partial charge in [-0.25, -0.2) is 0 Å². The first-order valence-electron chi connectivity index (χ1n) is 11.3. The number of carbonyl (C=O) groups is 2. The van der Waals surface area contributed by atoms with Gasteiger partial charge in [-0.15, -0.1) is 0 Å². The Bertz CT molecular complexity index is 1270. The molecule has 1 aliphatic heterocycles. The summed E-state index contributed by atoms with van der Waals surface area (Å²) in [5, 5.41) is 11.9. The van der Waals surface area contributed by atoms with Crippen molar-refractivity contribution in [3.05, 3.63) is 114 Å². The summed E-state index contributed by atoms with van der Waals surface area (Å²) in [4.78, 5) is 33.8. The maximum Gasteiger partial charge on any atom is 0.322 e. The largest absolute Gasteiger partial charge is 0.480 e. The summed E-state index contributed by atoms with van der Waals surface area (Å²) < 4.78 is 0. The van der Waals surface area contributed by atoms with Gasteiger partial charge in [0.1, 0.15) is 6.04 Å². The molecule has 1 saturated heterocycles. The molecular formula is C28H25N3O3. The molecular weight excluding hydrogens is 426 g/mol. The molecule has 1 amide bonds. The lowest BCUT2D eigenvalue weighted by molar-refractivity contribution is -0.146. The van der Waals surface area contributed by atoms with Crippen LogP contribution in [0.3, 0.4) is 0 Å². The highest BCUT2D eigenvalue weighted by Gasteiger charge is 2.39. The van der Waals surface area contributed by atoms with E-state index in [1.54, 1.807) is 17.3 Å². The van der Waals surface area contributed by atoms with E-state index in [9.17, 15) is 14.7 Å². The predicted molar refractivity (Wildman–Crippen MR) is 131 cm³/mol. The van der Waals surface area contributed by atoms with Crippen LogP contribution in [-0.2, 0) is 4.79 Å². The Morgan fingerprint density at radius 3 is 2.09 bits per heavy atom. The summed E-state index contributed by atoms with van der Waals surface area (Å²) in [6.07, 6.45) is 3.30. The topological polar surface area (TPSA) is 73.7 Å². The minimum Gasteiger partial charge on any atom is -0.480 e. The van der Waals surface area contributed by atoms with E-state index in [1.165, 1.54) is 0 Å². The van der Waals surface area contributed by atoms with Gasteiger partial charge in [0.05, 0.1) is 11.6 Å². The zero-order valence-corrected chi connectivity index (χ0v) is 18.6. The molecule has 1 fully saturated rings. The van der Waals surface area contributed by atoms with E-state index < -0.39 is 12.0 Å². The van der Waals surface area contributed by atoms with Crippen molar-refractivity contribution in [1.82, 2.24) is 14.8 Å². The molecule has 2 heterocycles. The molecule has 3 aromatic carbocycles. The first kappa shape index (κ1) is 21.8. The smallest absolute Gasteiger partial charge is 0.322 e. The van der Waals surface area contributed by atoms with Crippen LogP contribution in [0.25, 0.3) is 10.8 Å². The predicted octanol–water partition coefficient (Wildman–Crippen LogP) is 4.24. The van der Waals surface area contributed by atoms with E-state index in [0.717, 1.165) is 21.9 Å². The average Bonchev–Trinajstić information content (AvgIpc) is 2.89. The number of carbonyl (C=O) groups excluding carboxylic acids is 1. The number of benzene rings is 3. The molecule has 6 nitrogen and oxygen atoms in total. The fourth-order valence-electron chi connectivity index (χ4n) is 4.81. The van der Waals surface area contributed by atoms with Crippen molar-refractivity contribution in [1.29, 1.82) is 0 Å². The number of hydrogen-bond donors (Lipinski definition) is 1. The van der Waals surface area contributed by atoms with Crippen LogP contribution in [0.15, 0.2) is 97.3 Å². The number of fused-ring (bicyclic) bond motifs is 1. The monoisotopic (exact) mass is 451 g/mol. The normalized spacial score (nSPS) is 16.6. The SMILES string of the molecule is O=C(O)C1CN(C(=O)c2cncc3ccccc23)CCN1C(c1ccccc1)c1ccccc1. The van der Waals surface area contributed by atoms with Crippen LogP contribution >= 0.6 is 0 Å². The van der Waals surface area contributed by atoms with Crippen LogP contribution in [0.4, 0.5) is 0 Å². The number of aliphatic carboxylic acids is 1. The number of carboxylic acid groups (broad SMARTS) is 1. The third-order valence-electron chi connectivity index (χ3n) is 6.45. The lowest BCUT2D eigenvalue weighted by atomic mass is 9.94. The molecule has 34 heavy (non-hydrogen) atoms. The van der Waals surface area contributed by atoms with Crippen molar-refractivity contribution >= 4 is 22.6 Å². The summed E-state index contributed by atoms with van der Waals surface area (Å²) in [6, 6.07) is 26.4. The number of rotatable bonds is 5. The Morgan fingerprint density at radius 1 is 0.824 bits per heavy atom. The standard InChI is InChI=1S/C28H25N3O3/c32-27(24-18-29-17-22-13-7-8-14-23(22)24)30-15-16-31(25(19-30)28(33)34)26(20-9-3-1-4-10-20)21-11-5-2-6-12-21/h1-14,17-18,25-26H,15-16,19H2,(H,33,34). The van der Waals surface area contributed by atoms with Gasteiger partial charge in [-0.3, -0.25) is 19.5 Å². The number of amides is 1. The van der Waals surface area contributed by atoms with Crippen LogP contribution < -0.4 is 0 Å². The van der Waals surface area contributed by atoms with E-state index in [4.69, 9.17) is 0 Å². The number of carboxylic acids is 1. The summed E-state index contributed by atoms with van der Waals surface area (Å²) in [7, 11) is 0. The van der Waals surface area contributed by atoms with Gasteiger partial charge in [-0.05, 0) is 16.5 Å². The Balaban J connectivity index is 1.47. The fourth-order valence-corrected chi connectivity index (χ4v) is 4.81. The maximum atomic E-state index is 13.5. The van der Waals surface area contributed by atoms with Crippen LogP contribution in [0.5, 0.6) is 0 Å². The van der Waals surface area contributed by atoms with Gasteiger partial charge in [0, 0.05) is 37.4 Å². The third kappa shape index (κ3) is 4.16. The van der Waals surface area contributed by atoms with Crippen molar-refractivity contribution in [3.8, 4) is 0 Å². The highest BCUT2D eigenvalue weighted by Crippen LogP contribution is 2.32. The molecule has 4 aromatic rings. The molecule has 0 aliphatic carbocycles. The summed E-state index contributed by atoms with van der Waals surface area (Å²) >= 11 is 0. The minimum atomic E-state index is -0.939. The number of aromatic nitrogens is 1. The minimum absolute atomic E-state index is 0.105. The summed E-state index contributed by atoms with van der Waals surface area (Å²) in [5.74, 6) is -1.13. The van der Waals surface area contributed by atoms with Gasteiger partial charge >= 0.3 is 5.97 Å². The Morgan fingerprint density at radius 2 is 1.44 bits per heavy atom. The average molecular weight is 452 g/mol. The van der Waals surface area contributed by atoms with Gasteiger partial charge in [0.2, 0.25) is 0 Å². The first-order chi connectivity index (χ1) is 16.6. The maximum absolute atomic E-state index is 13.5. The van der Waals surface area contributed by atoms with Crippen molar-refractivity contribution < 1.29 is 14.7 Å².